The first-order valence-electron chi connectivity index (χ1n) is 7.85. The van der Waals surface area contributed by atoms with Gasteiger partial charge in [0.25, 0.3) is 5.91 Å². The predicted octanol–water partition coefficient (Wildman–Crippen LogP) is 4.67. The van der Waals surface area contributed by atoms with Gasteiger partial charge < -0.3 is 10.1 Å². The summed E-state index contributed by atoms with van der Waals surface area (Å²) in [6, 6.07) is 14.5. The number of esters is 1. The number of amides is 1. The Morgan fingerprint density at radius 3 is 2.60 bits per heavy atom. The lowest BCUT2D eigenvalue weighted by Gasteiger charge is -2.09. The topological polar surface area (TPSA) is 55.4 Å². The Kier molecular flexibility index (Phi) is 5.68. The predicted molar refractivity (Wildman–Crippen MR) is 100 cm³/mol. The largest absolute Gasteiger partial charge is 0.426 e. The van der Waals surface area contributed by atoms with Gasteiger partial charge in [-0.3, -0.25) is 9.59 Å². The number of fused-ring (bicyclic) bond motifs is 1. The lowest BCUT2D eigenvalue weighted by molar-refractivity contribution is -0.134. The van der Waals surface area contributed by atoms with Crippen molar-refractivity contribution in [2.45, 2.75) is 12.8 Å². The molecule has 0 atom stereocenters. The normalized spacial score (nSPS) is 10.6. The second-order valence-corrected chi connectivity index (χ2v) is 6.76. The standard InChI is InChI=1S/C19H16ClNO3S/c20-15-9-10-16(14-6-2-1-5-13(14)15)24-18(22)8-3-11-21-19(23)17-7-4-12-25-17/h1-2,4-7,9-10,12H,3,8,11H2,(H,21,23). The van der Waals surface area contributed by atoms with Gasteiger partial charge in [-0.15, -0.1) is 11.3 Å². The van der Waals surface area contributed by atoms with Crippen LogP contribution in [0.4, 0.5) is 0 Å². The minimum atomic E-state index is -0.335. The third kappa shape index (κ3) is 4.38. The quantitative estimate of drug-likeness (QED) is 0.388. The van der Waals surface area contributed by atoms with Crippen molar-refractivity contribution >= 4 is 45.6 Å². The molecule has 6 heteroatoms. The molecular weight excluding hydrogens is 358 g/mol. The first kappa shape index (κ1) is 17.5. The molecule has 0 saturated carbocycles. The maximum absolute atomic E-state index is 12.0. The van der Waals surface area contributed by atoms with Gasteiger partial charge in [0.05, 0.1) is 4.88 Å². The zero-order valence-corrected chi connectivity index (χ0v) is 14.9. The Balaban J connectivity index is 1.52. The molecule has 1 N–H and O–H groups in total. The summed E-state index contributed by atoms with van der Waals surface area (Å²) in [5.41, 5.74) is 0. The van der Waals surface area contributed by atoms with E-state index in [1.54, 1.807) is 18.2 Å². The lowest BCUT2D eigenvalue weighted by atomic mass is 10.1. The Morgan fingerprint density at radius 1 is 1.04 bits per heavy atom. The molecule has 0 aliphatic carbocycles. The molecule has 4 nitrogen and oxygen atoms in total. The molecule has 25 heavy (non-hydrogen) atoms. The van der Waals surface area contributed by atoms with Crippen molar-refractivity contribution in [3.8, 4) is 5.75 Å². The van der Waals surface area contributed by atoms with E-state index in [4.69, 9.17) is 16.3 Å². The van der Waals surface area contributed by atoms with Gasteiger partial charge in [0.1, 0.15) is 5.75 Å². The van der Waals surface area contributed by atoms with Crippen LogP contribution >= 0.6 is 22.9 Å². The maximum atomic E-state index is 12.0. The molecule has 0 fully saturated rings. The van der Waals surface area contributed by atoms with Crippen LogP contribution in [0.2, 0.25) is 5.02 Å². The second kappa shape index (κ2) is 8.14. The zero-order chi connectivity index (χ0) is 17.6. The highest BCUT2D eigenvalue weighted by Gasteiger charge is 2.11. The molecule has 1 amide bonds. The molecule has 0 unspecified atom stereocenters. The van der Waals surface area contributed by atoms with Crippen molar-refractivity contribution in [3.63, 3.8) is 0 Å². The molecule has 0 aliphatic rings. The van der Waals surface area contributed by atoms with Crippen LogP contribution < -0.4 is 10.1 Å². The number of thiophene rings is 1. The molecule has 2 aromatic carbocycles. The van der Waals surface area contributed by atoms with Crippen LogP contribution in [0.5, 0.6) is 5.75 Å². The third-order valence-electron chi connectivity index (χ3n) is 3.64. The molecule has 0 aliphatic heterocycles. The fraction of sp³-hybridized carbons (Fsp3) is 0.158. The van der Waals surface area contributed by atoms with E-state index in [0.29, 0.717) is 28.6 Å². The summed E-state index contributed by atoms with van der Waals surface area (Å²) < 4.78 is 5.45. The molecule has 1 heterocycles. The summed E-state index contributed by atoms with van der Waals surface area (Å²) in [6.45, 7) is 0.424. The third-order valence-corrected chi connectivity index (χ3v) is 4.84. The fourth-order valence-electron chi connectivity index (χ4n) is 2.43. The molecule has 1 aromatic heterocycles. The first-order valence-corrected chi connectivity index (χ1v) is 9.10. The highest BCUT2D eigenvalue weighted by molar-refractivity contribution is 7.12. The Hall–Kier alpha value is -2.37. The minimum Gasteiger partial charge on any atom is -0.426 e. The van der Waals surface area contributed by atoms with Crippen molar-refractivity contribution in [1.29, 1.82) is 0 Å². The van der Waals surface area contributed by atoms with Gasteiger partial charge in [-0.05, 0) is 30.0 Å². The summed E-state index contributed by atoms with van der Waals surface area (Å²) in [7, 11) is 0. The Labute approximate surface area is 154 Å². The molecule has 3 aromatic rings. The van der Waals surface area contributed by atoms with Crippen molar-refractivity contribution in [3.05, 3.63) is 63.8 Å². The van der Waals surface area contributed by atoms with Gasteiger partial charge in [0, 0.05) is 28.8 Å². The van der Waals surface area contributed by atoms with E-state index >= 15 is 0 Å². The zero-order valence-electron chi connectivity index (χ0n) is 13.3. The van der Waals surface area contributed by atoms with Gasteiger partial charge in [0.15, 0.2) is 0 Å². The van der Waals surface area contributed by atoms with Crippen LogP contribution in [0.3, 0.4) is 0 Å². The molecule has 128 valence electrons. The monoisotopic (exact) mass is 373 g/mol. The van der Waals surface area contributed by atoms with Crippen molar-refractivity contribution in [2.24, 2.45) is 0 Å². The smallest absolute Gasteiger partial charge is 0.311 e. The number of ether oxygens (including phenoxy) is 1. The van der Waals surface area contributed by atoms with E-state index < -0.39 is 0 Å². The van der Waals surface area contributed by atoms with Crippen LogP contribution in [-0.4, -0.2) is 18.4 Å². The number of benzene rings is 2. The number of carbonyl (C=O) groups is 2. The van der Waals surface area contributed by atoms with Crippen molar-refractivity contribution in [2.75, 3.05) is 6.54 Å². The number of carbonyl (C=O) groups excluding carboxylic acids is 2. The summed E-state index contributed by atoms with van der Waals surface area (Å²) >= 11 is 7.54. The summed E-state index contributed by atoms with van der Waals surface area (Å²) in [5.74, 6) is 0.0394. The average molecular weight is 374 g/mol. The molecule has 0 radical (unpaired) electrons. The van der Waals surface area contributed by atoms with Crippen LogP contribution in [0.15, 0.2) is 53.9 Å². The molecule has 0 saturated heterocycles. The van der Waals surface area contributed by atoms with E-state index in [2.05, 4.69) is 5.32 Å². The Bertz CT molecular complexity index is 893. The fourth-order valence-corrected chi connectivity index (χ4v) is 3.29. The number of rotatable bonds is 6. The van der Waals surface area contributed by atoms with E-state index in [9.17, 15) is 9.59 Å². The number of hydrogen-bond donors (Lipinski definition) is 1. The highest BCUT2D eigenvalue weighted by Crippen LogP contribution is 2.31. The SMILES string of the molecule is O=C(CCCNC(=O)c1cccs1)Oc1ccc(Cl)c2ccccc12. The van der Waals surface area contributed by atoms with Gasteiger partial charge in [-0.2, -0.15) is 0 Å². The molecular formula is C19H16ClNO3S. The minimum absolute atomic E-state index is 0.118. The van der Waals surface area contributed by atoms with Crippen LogP contribution in [0.25, 0.3) is 10.8 Å². The van der Waals surface area contributed by atoms with Gasteiger partial charge in [0.2, 0.25) is 0 Å². The summed E-state index contributed by atoms with van der Waals surface area (Å²) in [5, 5.41) is 6.90. The van der Waals surface area contributed by atoms with Crippen LogP contribution in [-0.2, 0) is 4.79 Å². The van der Waals surface area contributed by atoms with E-state index in [1.165, 1.54) is 11.3 Å². The highest BCUT2D eigenvalue weighted by atomic mass is 35.5. The number of nitrogens with one attached hydrogen (secondary N) is 1. The van der Waals surface area contributed by atoms with Crippen LogP contribution in [0, 0.1) is 0 Å². The average Bonchev–Trinajstić information content (AvgIpc) is 3.16. The molecule has 0 bridgehead atoms. The van der Waals surface area contributed by atoms with Crippen molar-refractivity contribution in [1.82, 2.24) is 5.32 Å². The van der Waals surface area contributed by atoms with E-state index in [1.807, 2.05) is 35.7 Å². The van der Waals surface area contributed by atoms with Gasteiger partial charge >= 0.3 is 5.97 Å². The second-order valence-electron chi connectivity index (χ2n) is 5.40. The van der Waals surface area contributed by atoms with Crippen LogP contribution in [0.1, 0.15) is 22.5 Å². The number of hydrogen-bond acceptors (Lipinski definition) is 4. The Morgan fingerprint density at radius 2 is 1.84 bits per heavy atom. The van der Waals surface area contributed by atoms with E-state index in [-0.39, 0.29) is 18.3 Å². The molecule has 0 spiro atoms. The van der Waals surface area contributed by atoms with Gasteiger partial charge in [-0.1, -0.05) is 41.9 Å². The maximum Gasteiger partial charge on any atom is 0.311 e. The van der Waals surface area contributed by atoms with E-state index in [0.717, 1.165) is 10.8 Å². The van der Waals surface area contributed by atoms with Gasteiger partial charge in [-0.25, -0.2) is 0 Å². The lowest BCUT2D eigenvalue weighted by Crippen LogP contribution is -2.24. The number of halogens is 1. The molecule has 3 rings (SSSR count). The van der Waals surface area contributed by atoms with Crippen molar-refractivity contribution < 1.29 is 14.3 Å². The summed E-state index contributed by atoms with van der Waals surface area (Å²) in [6.07, 6.45) is 0.739. The first-order chi connectivity index (χ1) is 12.1. The summed E-state index contributed by atoms with van der Waals surface area (Å²) in [4.78, 5) is 24.5.